The van der Waals surface area contributed by atoms with E-state index in [1.54, 1.807) is 22.5 Å². The van der Waals surface area contributed by atoms with E-state index in [0.29, 0.717) is 48.0 Å². The molecule has 180 valence electrons. The number of hydrogen-bond donors (Lipinski definition) is 0. The fourth-order valence-corrected chi connectivity index (χ4v) is 7.16. The molecule has 1 aromatic heterocycles. The maximum atomic E-state index is 13.0. The van der Waals surface area contributed by atoms with Crippen molar-refractivity contribution >= 4 is 27.7 Å². The lowest BCUT2D eigenvalue weighted by Crippen LogP contribution is -2.39. The first-order valence-electron chi connectivity index (χ1n) is 11.8. The number of carbonyl (C=O) groups excluding carboxylic acids is 1. The van der Waals surface area contributed by atoms with E-state index in [2.05, 4.69) is 10.2 Å². The van der Waals surface area contributed by atoms with Crippen LogP contribution in [-0.2, 0) is 21.4 Å². The molecule has 1 aromatic carbocycles. The molecule has 0 N–H and O–H groups in total. The number of nitrogens with zero attached hydrogens (tertiary/aromatic N) is 5. The van der Waals surface area contributed by atoms with Crippen LogP contribution in [0.4, 0.5) is 0 Å². The zero-order chi connectivity index (χ0) is 23.4. The molecule has 2 fully saturated rings. The third-order valence-corrected chi connectivity index (χ3v) is 9.51. The number of amides is 1. The summed E-state index contributed by atoms with van der Waals surface area (Å²) < 4.78 is 29.5. The molecule has 8 nitrogen and oxygen atoms in total. The van der Waals surface area contributed by atoms with Crippen LogP contribution in [0.15, 0.2) is 34.3 Å². The summed E-state index contributed by atoms with van der Waals surface area (Å²) in [6, 6.07) is 7.27. The van der Waals surface area contributed by atoms with E-state index in [0.717, 1.165) is 25.7 Å². The highest BCUT2D eigenvalue weighted by Gasteiger charge is 2.28. The van der Waals surface area contributed by atoms with Crippen molar-refractivity contribution in [3.63, 3.8) is 0 Å². The van der Waals surface area contributed by atoms with Gasteiger partial charge in [-0.1, -0.05) is 43.2 Å². The number of thioether (sulfide) groups is 1. The molecule has 1 aliphatic heterocycles. The molecule has 0 unspecified atom stereocenters. The summed E-state index contributed by atoms with van der Waals surface area (Å²) in [6.45, 7) is 3.77. The minimum atomic E-state index is -3.50. The molecule has 0 atom stereocenters. The normalized spacial score (nSPS) is 18.0. The van der Waals surface area contributed by atoms with Crippen molar-refractivity contribution in [1.29, 1.82) is 0 Å². The van der Waals surface area contributed by atoms with Gasteiger partial charge in [0.2, 0.25) is 15.9 Å². The zero-order valence-electron chi connectivity index (χ0n) is 19.4. The van der Waals surface area contributed by atoms with Gasteiger partial charge in [-0.25, -0.2) is 8.42 Å². The molecule has 0 bridgehead atoms. The molecule has 2 aromatic rings. The van der Waals surface area contributed by atoms with Crippen LogP contribution in [0.1, 0.15) is 51.9 Å². The van der Waals surface area contributed by atoms with Crippen LogP contribution >= 0.6 is 11.8 Å². The third kappa shape index (κ3) is 5.27. The highest BCUT2D eigenvalue weighted by atomic mass is 32.2. The summed E-state index contributed by atoms with van der Waals surface area (Å²) in [5, 5.41) is 9.34. The van der Waals surface area contributed by atoms with Gasteiger partial charge < -0.3 is 9.47 Å². The molecule has 1 saturated carbocycles. The van der Waals surface area contributed by atoms with Crippen LogP contribution < -0.4 is 0 Å². The molecule has 0 spiro atoms. The first-order chi connectivity index (χ1) is 15.9. The lowest BCUT2D eigenvalue weighted by atomic mass is 9.94. The highest BCUT2D eigenvalue weighted by molar-refractivity contribution is 7.99. The molecular formula is C23H33N5O3S2. The van der Waals surface area contributed by atoms with Crippen molar-refractivity contribution < 1.29 is 13.2 Å². The molecule has 2 aliphatic rings. The van der Waals surface area contributed by atoms with Crippen LogP contribution in [0.5, 0.6) is 0 Å². The summed E-state index contributed by atoms with van der Waals surface area (Å²) in [7, 11) is -1.60. The van der Waals surface area contributed by atoms with Crippen molar-refractivity contribution in [3.8, 4) is 11.4 Å². The Morgan fingerprint density at radius 1 is 1.12 bits per heavy atom. The van der Waals surface area contributed by atoms with Crippen molar-refractivity contribution in [1.82, 2.24) is 24.0 Å². The average molecular weight is 492 g/mol. The molecule has 1 amide bonds. The van der Waals surface area contributed by atoms with Crippen molar-refractivity contribution in [3.05, 3.63) is 24.3 Å². The Kier molecular flexibility index (Phi) is 7.76. The highest BCUT2D eigenvalue weighted by Crippen LogP contribution is 2.28. The number of aromatic nitrogens is 3. The van der Waals surface area contributed by atoms with Crippen LogP contribution in [0.2, 0.25) is 0 Å². The van der Waals surface area contributed by atoms with Crippen LogP contribution in [0, 0.1) is 0 Å². The number of rotatable bonds is 8. The average Bonchev–Trinajstić information content (AvgIpc) is 3.53. The van der Waals surface area contributed by atoms with Gasteiger partial charge in [-0.2, -0.15) is 4.31 Å². The van der Waals surface area contributed by atoms with E-state index in [-0.39, 0.29) is 10.8 Å². The van der Waals surface area contributed by atoms with Crippen molar-refractivity contribution in [2.45, 2.75) is 74.5 Å². The second-order valence-corrected chi connectivity index (χ2v) is 11.7. The number of benzene rings is 1. The van der Waals surface area contributed by atoms with Gasteiger partial charge in [0, 0.05) is 38.3 Å². The Balaban J connectivity index is 1.49. The largest absolute Gasteiger partial charge is 0.342 e. The van der Waals surface area contributed by atoms with Crippen molar-refractivity contribution in [2.24, 2.45) is 0 Å². The minimum absolute atomic E-state index is 0.109. The topological polar surface area (TPSA) is 88.4 Å². The number of sulfonamides is 1. The van der Waals surface area contributed by atoms with Gasteiger partial charge in [0.05, 0.1) is 10.6 Å². The first-order valence-corrected chi connectivity index (χ1v) is 14.3. The lowest BCUT2D eigenvalue weighted by molar-refractivity contribution is -0.129. The summed E-state index contributed by atoms with van der Waals surface area (Å²) in [5.41, 5.74) is 0.710. The van der Waals surface area contributed by atoms with Gasteiger partial charge in [0.15, 0.2) is 11.0 Å². The van der Waals surface area contributed by atoms with Gasteiger partial charge in [0.25, 0.3) is 0 Å². The second kappa shape index (κ2) is 10.6. The molecule has 33 heavy (non-hydrogen) atoms. The quantitative estimate of drug-likeness (QED) is 0.524. The van der Waals surface area contributed by atoms with E-state index in [1.807, 2.05) is 29.5 Å². The SMILES string of the molecule is CCn1c(SCC(=O)N(C)C2CCCCC2)nnc1-c1cccc(S(=O)(=O)N2CCCC2)c1. The monoisotopic (exact) mass is 491 g/mol. The lowest BCUT2D eigenvalue weighted by Gasteiger charge is -2.31. The van der Waals surface area contributed by atoms with E-state index >= 15 is 0 Å². The summed E-state index contributed by atoms with van der Waals surface area (Å²) in [4.78, 5) is 14.9. The Morgan fingerprint density at radius 2 is 1.85 bits per heavy atom. The zero-order valence-corrected chi connectivity index (χ0v) is 21.1. The predicted molar refractivity (Wildman–Crippen MR) is 129 cm³/mol. The maximum Gasteiger partial charge on any atom is 0.243 e. The summed E-state index contributed by atoms with van der Waals surface area (Å²) in [6.07, 6.45) is 7.61. The van der Waals surface area contributed by atoms with Crippen LogP contribution in [0.3, 0.4) is 0 Å². The molecule has 1 saturated heterocycles. The molecule has 2 heterocycles. The van der Waals surface area contributed by atoms with Gasteiger partial charge in [-0.15, -0.1) is 10.2 Å². The predicted octanol–water partition coefficient (Wildman–Crippen LogP) is 3.63. The molecule has 0 radical (unpaired) electrons. The van der Waals surface area contributed by atoms with Gasteiger partial charge >= 0.3 is 0 Å². The fraction of sp³-hybridized carbons (Fsp3) is 0.609. The molecule has 10 heteroatoms. The standard InChI is InChI=1S/C23H33N5O3S2/c1-3-28-22(18-10-9-13-20(16-18)33(30,31)27-14-7-8-15-27)24-25-23(28)32-17-21(29)26(2)19-11-5-4-6-12-19/h9-10,13,16,19H,3-8,11-12,14-15,17H2,1-2H3. The summed E-state index contributed by atoms with van der Waals surface area (Å²) in [5.74, 6) is 1.04. The van der Waals surface area contributed by atoms with E-state index < -0.39 is 10.0 Å². The van der Waals surface area contributed by atoms with Crippen molar-refractivity contribution in [2.75, 3.05) is 25.9 Å². The van der Waals surface area contributed by atoms with Gasteiger partial charge in [0.1, 0.15) is 0 Å². The smallest absolute Gasteiger partial charge is 0.243 e. The van der Waals surface area contributed by atoms with Gasteiger partial charge in [-0.05, 0) is 44.7 Å². The first kappa shape index (κ1) is 24.2. The third-order valence-electron chi connectivity index (χ3n) is 6.67. The van der Waals surface area contributed by atoms with Crippen LogP contribution in [0.25, 0.3) is 11.4 Å². The molecule has 4 rings (SSSR count). The van der Waals surface area contributed by atoms with E-state index in [9.17, 15) is 13.2 Å². The maximum absolute atomic E-state index is 13.0. The number of carbonyl (C=O) groups is 1. The Hall–Kier alpha value is -1.91. The van der Waals surface area contributed by atoms with E-state index in [1.165, 1.54) is 31.0 Å². The van der Waals surface area contributed by atoms with Gasteiger partial charge in [-0.3, -0.25) is 4.79 Å². The minimum Gasteiger partial charge on any atom is -0.342 e. The number of hydrogen-bond acceptors (Lipinski definition) is 6. The Bertz CT molecular complexity index is 1070. The summed E-state index contributed by atoms with van der Waals surface area (Å²) >= 11 is 1.39. The van der Waals surface area contributed by atoms with E-state index in [4.69, 9.17) is 0 Å². The fourth-order valence-electron chi connectivity index (χ4n) is 4.67. The molecule has 1 aliphatic carbocycles. The molecular weight excluding hydrogens is 458 g/mol. The second-order valence-electron chi connectivity index (χ2n) is 8.77. The Morgan fingerprint density at radius 3 is 2.55 bits per heavy atom. The van der Waals surface area contributed by atoms with Crippen LogP contribution in [-0.4, -0.2) is 70.2 Å². The Labute approximate surface area is 200 Å².